The molecule has 0 radical (unpaired) electrons. The molecule has 1 aromatic rings. The van der Waals surface area contributed by atoms with E-state index in [0.29, 0.717) is 0 Å². The molecule has 0 saturated heterocycles. The average Bonchev–Trinajstić information content (AvgIpc) is 2.43. The van der Waals surface area contributed by atoms with Crippen LogP contribution in [0.3, 0.4) is 0 Å². The highest BCUT2D eigenvalue weighted by Crippen LogP contribution is 2.13. The van der Waals surface area contributed by atoms with E-state index in [-0.39, 0.29) is 0 Å². The van der Waals surface area contributed by atoms with Crippen molar-refractivity contribution in [2.75, 3.05) is 0 Å². The summed E-state index contributed by atoms with van der Waals surface area (Å²) in [4.78, 5) is 0. The molecule has 1 aromatic heterocycles. The van der Waals surface area contributed by atoms with Crippen LogP contribution >= 0.6 is 0 Å². The Morgan fingerprint density at radius 3 is 2.00 bits per heavy atom. The lowest BCUT2D eigenvalue weighted by Gasteiger charge is -1.99. The second-order valence-electron chi connectivity index (χ2n) is 2.84. The Bertz CT molecular complexity index is 224. The molecule has 0 fully saturated rings. The number of aryl methyl sites for hydroxylation is 2. The highest BCUT2D eigenvalue weighted by molar-refractivity contribution is 5.25. The maximum Gasteiger partial charge on any atom is 0.0628 e. The van der Waals surface area contributed by atoms with Gasteiger partial charge in [-0.05, 0) is 25.3 Å². The lowest BCUT2D eigenvalue weighted by molar-refractivity contribution is 0.709. The molecule has 2 heteroatoms. The summed E-state index contributed by atoms with van der Waals surface area (Å²) in [7, 11) is 2.02. The van der Waals surface area contributed by atoms with Crippen LogP contribution in [0.25, 0.3) is 0 Å². The van der Waals surface area contributed by atoms with Gasteiger partial charge in [0.1, 0.15) is 0 Å². The molecule has 1 rings (SSSR count). The summed E-state index contributed by atoms with van der Waals surface area (Å²) in [5.74, 6) is 0. The fraction of sp³-hybridized carbons (Fsp3) is 0.727. The van der Waals surface area contributed by atoms with Gasteiger partial charge in [-0.2, -0.15) is 5.10 Å². The zero-order valence-corrected chi connectivity index (χ0v) is 9.81. The van der Waals surface area contributed by atoms with Crippen LogP contribution in [-0.4, -0.2) is 9.78 Å². The second kappa shape index (κ2) is 5.79. The summed E-state index contributed by atoms with van der Waals surface area (Å²) in [6.45, 7) is 10.4. The zero-order valence-electron chi connectivity index (χ0n) is 9.81. The standard InChI is InChI=1S/C9H16N2.C2H6/c1-5-8-7(3)10-11(4)9(8)6-2;1-2/h5-6H2,1-4H3;1-2H3. The fourth-order valence-corrected chi connectivity index (χ4v) is 1.65. The number of nitrogens with zero attached hydrogens (tertiary/aromatic N) is 2. The summed E-state index contributed by atoms with van der Waals surface area (Å²) in [5.41, 5.74) is 3.99. The van der Waals surface area contributed by atoms with Gasteiger partial charge in [-0.15, -0.1) is 0 Å². The molecule has 0 aliphatic carbocycles. The SMILES string of the molecule is CC.CCc1c(C)nn(C)c1CC. The molecule has 0 N–H and O–H groups in total. The normalized spacial score (nSPS) is 9.38. The molecule has 0 aliphatic rings. The van der Waals surface area contributed by atoms with Crippen molar-refractivity contribution in [1.29, 1.82) is 0 Å². The molecule has 13 heavy (non-hydrogen) atoms. The first-order chi connectivity index (χ1) is 6.20. The maximum absolute atomic E-state index is 4.37. The molecule has 2 nitrogen and oxygen atoms in total. The summed E-state index contributed by atoms with van der Waals surface area (Å²) >= 11 is 0. The van der Waals surface area contributed by atoms with Crippen LogP contribution in [0.2, 0.25) is 0 Å². The lowest BCUT2D eigenvalue weighted by atomic mass is 10.1. The van der Waals surface area contributed by atoms with Crippen LogP contribution in [0, 0.1) is 6.92 Å². The molecule has 0 aromatic carbocycles. The van der Waals surface area contributed by atoms with E-state index in [9.17, 15) is 0 Å². The predicted octanol–water partition coefficient (Wildman–Crippen LogP) is 2.88. The third kappa shape index (κ3) is 2.58. The van der Waals surface area contributed by atoms with Gasteiger partial charge in [0.15, 0.2) is 0 Å². The highest BCUT2D eigenvalue weighted by atomic mass is 15.3. The topological polar surface area (TPSA) is 17.8 Å². The van der Waals surface area contributed by atoms with Crippen LogP contribution in [-0.2, 0) is 19.9 Å². The van der Waals surface area contributed by atoms with Crippen LogP contribution in [0.1, 0.15) is 44.6 Å². The van der Waals surface area contributed by atoms with E-state index >= 15 is 0 Å². The van der Waals surface area contributed by atoms with E-state index < -0.39 is 0 Å². The highest BCUT2D eigenvalue weighted by Gasteiger charge is 2.08. The summed E-state index contributed by atoms with van der Waals surface area (Å²) < 4.78 is 1.99. The molecule has 0 unspecified atom stereocenters. The van der Waals surface area contributed by atoms with Crippen LogP contribution < -0.4 is 0 Å². The third-order valence-electron chi connectivity index (χ3n) is 2.16. The van der Waals surface area contributed by atoms with Gasteiger partial charge in [0.2, 0.25) is 0 Å². The monoisotopic (exact) mass is 182 g/mol. The minimum absolute atomic E-state index is 1.08. The Kier molecular flexibility index (Phi) is 5.44. The number of hydrogen-bond acceptors (Lipinski definition) is 1. The smallest absolute Gasteiger partial charge is 0.0628 e. The van der Waals surface area contributed by atoms with Crippen molar-refractivity contribution in [2.24, 2.45) is 7.05 Å². The molecular weight excluding hydrogens is 160 g/mol. The van der Waals surface area contributed by atoms with Crippen molar-refractivity contribution in [1.82, 2.24) is 9.78 Å². The van der Waals surface area contributed by atoms with Crippen LogP contribution in [0.5, 0.6) is 0 Å². The first kappa shape index (κ1) is 12.2. The molecular formula is C11H22N2. The third-order valence-corrected chi connectivity index (χ3v) is 2.16. The van der Waals surface area contributed by atoms with Gasteiger partial charge >= 0.3 is 0 Å². The van der Waals surface area contributed by atoms with Crippen molar-refractivity contribution >= 4 is 0 Å². The predicted molar refractivity (Wildman–Crippen MR) is 58.0 cm³/mol. The number of hydrogen-bond donors (Lipinski definition) is 0. The lowest BCUT2D eigenvalue weighted by Crippen LogP contribution is -1.97. The minimum Gasteiger partial charge on any atom is -0.272 e. The Labute approximate surface area is 82.0 Å². The average molecular weight is 182 g/mol. The van der Waals surface area contributed by atoms with Gasteiger partial charge < -0.3 is 0 Å². The van der Waals surface area contributed by atoms with Crippen molar-refractivity contribution in [2.45, 2.75) is 47.5 Å². The Morgan fingerprint density at radius 1 is 1.15 bits per heavy atom. The first-order valence-electron chi connectivity index (χ1n) is 5.22. The zero-order chi connectivity index (χ0) is 10.4. The van der Waals surface area contributed by atoms with Crippen LogP contribution in [0.15, 0.2) is 0 Å². The van der Waals surface area contributed by atoms with Crippen LogP contribution in [0.4, 0.5) is 0 Å². The van der Waals surface area contributed by atoms with Gasteiger partial charge in [-0.25, -0.2) is 0 Å². The molecule has 0 aliphatic heterocycles. The fourth-order valence-electron chi connectivity index (χ4n) is 1.65. The van der Waals surface area contributed by atoms with E-state index in [0.717, 1.165) is 12.8 Å². The summed E-state index contributed by atoms with van der Waals surface area (Å²) in [6.07, 6.45) is 2.18. The maximum atomic E-state index is 4.37. The van der Waals surface area contributed by atoms with Crippen molar-refractivity contribution in [3.63, 3.8) is 0 Å². The van der Waals surface area contributed by atoms with E-state index in [1.807, 2.05) is 25.6 Å². The van der Waals surface area contributed by atoms with E-state index in [4.69, 9.17) is 0 Å². The van der Waals surface area contributed by atoms with E-state index in [1.165, 1.54) is 17.0 Å². The van der Waals surface area contributed by atoms with Crippen molar-refractivity contribution < 1.29 is 0 Å². The van der Waals surface area contributed by atoms with E-state index in [1.54, 1.807) is 0 Å². The van der Waals surface area contributed by atoms with Gasteiger partial charge in [0.25, 0.3) is 0 Å². The summed E-state index contributed by atoms with van der Waals surface area (Å²) in [6, 6.07) is 0. The van der Waals surface area contributed by atoms with Crippen molar-refractivity contribution in [3.05, 3.63) is 17.0 Å². The van der Waals surface area contributed by atoms with Gasteiger partial charge in [0, 0.05) is 12.7 Å². The van der Waals surface area contributed by atoms with Gasteiger partial charge in [0.05, 0.1) is 5.69 Å². The molecule has 0 spiro atoms. The van der Waals surface area contributed by atoms with Gasteiger partial charge in [-0.3, -0.25) is 4.68 Å². The molecule has 0 amide bonds. The Balaban J connectivity index is 0.000000671. The number of rotatable bonds is 2. The number of aromatic nitrogens is 2. The largest absolute Gasteiger partial charge is 0.272 e. The quantitative estimate of drug-likeness (QED) is 0.687. The Morgan fingerprint density at radius 2 is 1.69 bits per heavy atom. The first-order valence-corrected chi connectivity index (χ1v) is 5.22. The second-order valence-corrected chi connectivity index (χ2v) is 2.84. The molecule has 76 valence electrons. The minimum atomic E-state index is 1.08. The van der Waals surface area contributed by atoms with Crippen molar-refractivity contribution in [3.8, 4) is 0 Å². The van der Waals surface area contributed by atoms with E-state index in [2.05, 4.69) is 25.9 Å². The summed E-state index contributed by atoms with van der Waals surface area (Å²) in [5, 5.41) is 4.37. The molecule has 0 atom stereocenters. The molecule has 1 heterocycles. The Hall–Kier alpha value is -0.790. The molecule has 0 bridgehead atoms. The molecule has 0 saturated carbocycles. The van der Waals surface area contributed by atoms with Gasteiger partial charge in [-0.1, -0.05) is 27.7 Å².